The van der Waals surface area contributed by atoms with Crippen LogP contribution in [0.3, 0.4) is 0 Å². The number of carbonyl (C=O) groups excluding carboxylic acids is 1. The molecule has 0 atom stereocenters. The van der Waals surface area contributed by atoms with Crippen LogP contribution in [0.5, 0.6) is 0 Å². The number of benzene rings is 1. The molecule has 0 saturated carbocycles. The highest BCUT2D eigenvalue weighted by molar-refractivity contribution is 6.82. The number of nitrogens with one attached hydrogen (secondary N) is 1. The first-order chi connectivity index (χ1) is 10.0. The summed E-state index contributed by atoms with van der Waals surface area (Å²) in [6.07, 6.45) is 1.55. The fourth-order valence-electron chi connectivity index (χ4n) is 2.31. The van der Waals surface area contributed by atoms with Gasteiger partial charge in [-0.15, -0.1) is 0 Å². The second-order valence-corrected chi connectivity index (χ2v) is 10.4. The zero-order valence-electron chi connectivity index (χ0n) is 13.0. The number of anilines is 1. The molecule has 0 unspecified atom stereocenters. The predicted molar refractivity (Wildman–Crippen MR) is 92.8 cm³/mol. The van der Waals surface area contributed by atoms with Crippen molar-refractivity contribution in [1.29, 1.82) is 0 Å². The number of hydrogen-bond donors (Lipinski definition) is 1. The van der Waals surface area contributed by atoms with Gasteiger partial charge in [-0.25, -0.2) is 4.79 Å². The van der Waals surface area contributed by atoms with E-state index in [1.807, 2.05) is 0 Å². The molecule has 0 amide bonds. The fraction of sp³-hybridized carbons (Fsp3) is 0.438. The van der Waals surface area contributed by atoms with E-state index < -0.39 is 8.24 Å². The molecule has 5 heteroatoms. The lowest BCUT2D eigenvalue weighted by molar-refractivity contribution is 0.0551. The number of rotatable bonds is 8. The topological polar surface area (TPSA) is 38.3 Å². The Kier molecular flexibility index (Phi) is 6.98. The number of esters is 1. The first kappa shape index (κ1) is 17.8. The van der Waals surface area contributed by atoms with Gasteiger partial charge in [0.1, 0.15) is 6.61 Å². The minimum Gasteiger partial charge on any atom is -0.458 e. The number of hydrogen-bond acceptors (Lipinski definition) is 3. The smallest absolute Gasteiger partial charge is 0.340 e. The summed E-state index contributed by atoms with van der Waals surface area (Å²) in [5, 5.41) is 0.565. The third-order valence-corrected chi connectivity index (χ3v) is 9.14. The number of ether oxygens (including phenoxy) is 1. The summed E-state index contributed by atoms with van der Waals surface area (Å²) in [6.45, 7) is 10.3. The molecule has 1 N–H and O–H groups in total. The fourth-order valence-corrected chi connectivity index (χ4v) is 5.44. The third kappa shape index (κ3) is 4.35. The van der Waals surface area contributed by atoms with Crippen molar-refractivity contribution in [2.24, 2.45) is 0 Å². The molecule has 0 fully saturated rings. The summed E-state index contributed by atoms with van der Waals surface area (Å²) in [4.78, 5) is 15.8. The number of halogens is 1. The van der Waals surface area contributed by atoms with Crippen LogP contribution in [0, 0.1) is 0 Å². The van der Waals surface area contributed by atoms with E-state index in [2.05, 4.69) is 32.3 Å². The maximum Gasteiger partial charge on any atom is 0.340 e. The van der Waals surface area contributed by atoms with E-state index in [9.17, 15) is 4.79 Å². The summed E-state index contributed by atoms with van der Waals surface area (Å²) in [6, 6.07) is 8.59. The predicted octanol–water partition coefficient (Wildman–Crippen LogP) is 5.10. The van der Waals surface area contributed by atoms with Crippen molar-refractivity contribution < 1.29 is 9.53 Å². The summed E-state index contributed by atoms with van der Waals surface area (Å²) in [5.41, 5.74) is 1.21. The van der Waals surface area contributed by atoms with Gasteiger partial charge >= 0.3 is 5.97 Å². The third-order valence-electron chi connectivity index (χ3n) is 3.99. The summed E-state index contributed by atoms with van der Waals surface area (Å²) in [5.74, 6) is -0.369. The number of carbonyl (C=O) groups is 1. The zero-order valence-corrected chi connectivity index (χ0v) is 14.8. The monoisotopic (exact) mass is 325 g/mol. The zero-order chi connectivity index (χ0) is 15.9. The van der Waals surface area contributed by atoms with Crippen LogP contribution in [0.1, 0.15) is 31.1 Å². The molecule has 0 aromatic heterocycles. The van der Waals surface area contributed by atoms with Crippen molar-refractivity contribution in [2.45, 2.75) is 38.9 Å². The van der Waals surface area contributed by atoms with E-state index in [-0.39, 0.29) is 12.6 Å². The van der Waals surface area contributed by atoms with Gasteiger partial charge < -0.3 is 9.72 Å². The average molecular weight is 326 g/mol. The molecule has 1 rings (SSSR count). The Bertz CT molecular complexity index is 493. The van der Waals surface area contributed by atoms with E-state index >= 15 is 0 Å². The van der Waals surface area contributed by atoms with Crippen LogP contribution in [-0.4, -0.2) is 20.8 Å². The highest BCUT2D eigenvalue weighted by atomic mass is 35.5. The Balaban J connectivity index is 3.16. The molecule has 21 heavy (non-hydrogen) atoms. The van der Waals surface area contributed by atoms with Crippen LogP contribution >= 0.6 is 11.6 Å². The van der Waals surface area contributed by atoms with E-state index in [0.29, 0.717) is 16.3 Å². The van der Waals surface area contributed by atoms with Crippen molar-refractivity contribution >= 4 is 31.5 Å². The van der Waals surface area contributed by atoms with Gasteiger partial charge in [0.2, 0.25) is 0 Å². The van der Waals surface area contributed by atoms with Crippen molar-refractivity contribution in [3.8, 4) is 0 Å². The average Bonchev–Trinajstić information content (AvgIpc) is 2.51. The maximum absolute atomic E-state index is 12.2. The molecule has 0 saturated heterocycles. The highest BCUT2D eigenvalue weighted by Gasteiger charge is 2.29. The Hall–Kier alpha value is -1.26. The lowest BCUT2D eigenvalue weighted by Gasteiger charge is -2.31. The molecule has 3 nitrogen and oxygen atoms in total. The van der Waals surface area contributed by atoms with E-state index in [1.165, 1.54) is 0 Å². The minimum absolute atomic E-state index is 0.197. The van der Waals surface area contributed by atoms with Crippen LogP contribution in [0.2, 0.25) is 23.2 Å². The number of para-hydroxylation sites is 1. The van der Waals surface area contributed by atoms with Gasteiger partial charge in [-0.05, 0) is 30.3 Å². The molecule has 0 spiro atoms. The van der Waals surface area contributed by atoms with Crippen molar-refractivity contribution in [2.75, 3.05) is 11.6 Å². The van der Waals surface area contributed by atoms with Crippen molar-refractivity contribution in [1.82, 2.24) is 0 Å². The van der Waals surface area contributed by atoms with Gasteiger partial charge in [0.25, 0.3) is 0 Å². The van der Waals surface area contributed by atoms with Crippen LogP contribution in [0.4, 0.5) is 5.69 Å². The molecule has 1 aromatic carbocycles. The van der Waals surface area contributed by atoms with Crippen LogP contribution < -0.4 is 4.98 Å². The van der Waals surface area contributed by atoms with Crippen molar-refractivity contribution in [3.63, 3.8) is 0 Å². The Labute approximate surface area is 133 Å². The quantitative estimate of drug-likeness (QED) is 0.410. The van der Waals surface area contributed by atoms with Gasteiger partial charge in [-0.3, -0.25) is 0 Å². The summed E-state index contributed by atoms with van der Waals surface area (Å²) in [7, 11) is -1.66. The second-order valence-electron chi connectivity index (χ2n) is 5.02. The van der Waals surface area contributed by atoms with Crippen LogP contribution in [0.25, 0.3) is 0 Å². The summed E-state index contributed by atoms with van der Waals surface area (Å²) >= 11 is 6.32. The van der Waals surface area contributed by atoms with Gasteiger partial charge in [-0.2, -0.15) is 0 Å². The molecular weight excluding hydrogens is 302 g/mol. The van der Waals surface area contributed by atoms with E-state index in [0.717, 1.165) is 18.1 Å². The molecule has 0 radical (unpaired) electrons. The molecular formula is C16H24ClNO2Si. The first-order valence-corrected chi connectivity index (χ1v) is 10.4. The van der Waals surface area contributed by atoms with Gasteiger partial charge in [0.15, 0.2) is 8.24 Å². The lowest BCUT2D eigenvalue weighted by Crippen LogP contribution is -2.42. The molecule has 0 bridgehead atoms. The minimum atomic E-state index is -1.66. The molecule has 1 aromatic rings. The van der Waals surface area contributed by atoms with Crippen LogP contribution in [-0.2, 0) is 4.74 Å². The normalized spacial score (nSPS) is 11.0. The molecule has 0 aliphatic heterocycles. The molecule has 0 aliphatic rings. The van der Waals surface area contributed by atoms with E-state index in [1.54, 1.807) is 24.3 Å². The van der Waals surface area contributed by atoms with Crippen molar-refractivity contribution in [3.05, 3.63) is 41.4 Å². The molecule has 116 valence electrons. The largest absolute Gasteiger partial charge is 0.458 e. The second kappa shape index (κ2) is 8.25. The van der Waals surface area contributed by atoms with Gasteiger partial charge in [0.05, 0.1) is 16.3 Å². The Morgan fingerprint density at radius 1 is 1.33 bits per heavy atom. The van der Waals surface area contributed by atoms with Crippen LogP contribution in [0.15, 0.2) is 30.9 Å². The Morgan fingerprint density at radius 2 is 1.95 bits per heavy atom. The standard InChI is InChI=1S/C16H24ClNO2Si/c1-5-12-20-16(19)13-10-9-11-14(17)15(13)18-21(6-2,7-3)8-4/h5,9-11,18H,1,6-8,12H2,2-4H3. The first-order valence-electron chi connectivity index (χ1n) is 7.38. The summed E-state index contributed by atoms with van der Waals surface area (Å²) < 4.78 is 5.15. The lowest BCUT2D eigenvalue weighted by atomic mass is 10.2. The highest BCUT2D eigenvalue weighted by Crippen LogP contribution is 2.32. The van der Waals surface area contributed by atoms with E-state index in [4.69, 9.17) is 16.3 Å². The maximum atomic E-state index is 12.2. The SMILES string of the molecule is C=CCOC(=O)c1cccc(Cl)c1N[Si](CC)(CC)CC. The van der Waals surface area contributed by atoms with Gasteiger partial charge in [0, 0.05) is 0 Å². The molecule has 0 heterocycles. The van der Waals surface area contributed by atoms with Gasteiger partial charge in [-0.1, -0.05) is 51.1 Å². The Morgan fingerprint density at radius 3 is 2.48 bits per heavy atom. The molecule has 0 aliphatic carbocycles.